The van der Waals surface area contributed by atoms with E-state index in [1.165, 1.54) is 0 Å². The Hall–Kier alpha value is -1.42. The van der Waals surface area contributed by atoms with Crippen molar-refractivity contribution in [2.75, 3.05) is 6.54 Å². The van der Waals surface area contributed by atoms with Gasteiger partial charge in [-0.25, -0.2) is 0 Å². The van der Waals surface area contributed by atoms with Crippen molar-refractivity contribution < 1.29 is 4.79 Å². The van der Waals surface area contributed by atoms with Crippen LogP contribution in [0, 0.1) is 5.92 Å². The molecule has 0 fully saturated rings. The summed E-state index contributed by atoms with van der Waals surface area (Å²) in [6, 6.07) is 3.58. The molecule has 1 aromatic heterocycles. The standard InChI is InChI=1S/C15H25N3O/c1-4-6-14(16)15(19)18-10-13(11(2)3)12-7-5-8-17-9-12/h5,7-9,11,13-14H,4,6,10,16H2,1-3H3,(H,18,19). The first-order valence-electron chi connectivity index (χ1n) is 6.99. The van der Waals surface area contributed by atoms with Gasteiger partial charge in [-0.3, -0.25) is 9.78 Å². The van der Waals surface area contributed by atoms with Crippen molar-refractivity contribution in [3.8, 4) is 0 Å². The molecule has 19 heavy (non-hydrogen) atoms. The van der Waals surface area contributed by atoms with Gasteiger partial charge in [-0.05, 0) is 24.0 Å². The van der Waals surface area contributed by atoms with Crippen LogP contribution in [0.1, 0.15) is 45.1 Å². The number of pyridine rings is 1. The number of nitrogens with zero attached hydrogens (tertiary/aromatic N) is 1. The van der Waals surface area contributed by atoms with Crippen LogP contribution in [-0.2, 0) is 4.79 Å². The predicted octanol–water partition coefficient (Wildman–Crippen LogP) is 2.06. The molecule has 4 heteroatoms. The number of hydrogen-bond acceptors (Lipinski definition) is 3. The van der Waals surface area contributed by atoms with Crippen LogP contribution in [-0.4, -0.2) is 23.5 Å². The third kappa shape index (κ3) is 4.99. The summed E-state index contributed by atoms with van der Waals surface area (Å²) in [5, 5.41) is 2.96. The Morgan fingerprint density at radius 2 is 2.21 bits per heavy atom. The minimum Gasteiger partial charge on any atom is -0.354 e. The molecule has 4 nitrogen and oxygen atoms in total. The average molecular weight is 263 g/mol. The topological polar surface area (TPSA) is 68.0 Å². The molecule has 106 valence electrons. The first kappa shape index (κ1) is 15.6. The Bertz CT molecular complexity index is 378. The molecule has 0 bridgehead atoms. The highest BCUT2D eigenvalue weighted by molar-refractivity contribution is 5.81. The second-order valence-corrected chi connectivity index (χ2v) is 5.28. The van der Waals surface area contributed by atoms with Gasteiger partial charge in [-0.15, -0.1) is 0 Å². The molecule has 0 aliphatic heterocycles. The first-order valence-corrected chi connectivity index (χ1v) is 6.99. The number of carbonyl (C=O) groups is 1. The maximum absolute atomic E-state index is 11.8. The van der Waals surface area contributed by atoms with E-state index in [1.54, 1.807) is 6.20 Å². The fourth-order valence-electron chi connectivity index (χ4n) is 2.12. The molecular formula is C15H25N3O. The molecule has 0 radical (unpaired) electrons. The van der Waals surface area contributed by atoms with E-state index in [1.807, 2.05) is 19.2 Å². The van der Waals surface area contributed by atoms with E-state index in [0.29, 0.717) is 12.5 Å². The molecular weight excluding hydrogens is 238 g/mol. The van der Waals surface area contributed by atoms with Gasteiger partial charge in [-0.2, -0.15) is 0 Å². The van der Waals surface area contributed by atoms with Crippen LogP contribution in [0.3, 0.4) is 0 Å². The number of aromatic nitrogens is 1. The van der Waals surface area contributed by atoms with Crippen LogP contribution >= 0.6 is 0 Å². The van der Waals surface area contributed by atoms with Crippen molar-refractivity contribution in [2.45, 2.75) is 45.6 Å². The van der Waals surface area contributed by atoms with Crippen molar-refractivity contribution >= 4 is 5.91 Å². The number of hydrogen-bond donors (Lipinski definition) is 2. The predicted molar refractivity (Wildman–Crippen MR) is 77.7 cm³/mol. The first-order chi connectivity index (χ1) is 9.06. The lowest BCUT2D eigenvalue weighted by Crippen LogP contribution is -2.42. The van der Waals surface area contributed by atoms with Gasteiger partial charge < -0.3 is 11.1 Å². The van der Waals surface area contributed by atoms with Crippen molar-refractivity contribution in [3.05, 3.63) is 30.1 Å². The monoisotopic (exact) mass is 263 g/mol. The van der Waals surface area contributed by atoms with E-state index >= 15 is 0 Å². The zero-order valence-electron chi connectivity index (χ0n) is 12.1. The zero-order chi connectivity index (χ0) is 14.3. The molecule has 0 aliphatic rings. The number of nitrogens with one attached hydrogen (secondary N) is 1. The second-order valence-electron chi connectivity index (χ2n) is 5.28. The van der Waals surface area contributed by atoms with Gasteiger partial charge in [0.15, 0.2) is 0 Å². The van der Waals surface area contributed by atoms with Crippen LogP contribution in [0.15, 0.2) is 24.5 Å². The van der Waals surface area contributed by atoms with E-state index in [4.69, 9.17) is 5.73 Å². The minimum absolute atomic E-state index is 0.0589. The van der Waals surface area contributed by atoms with Gasteiger partial charge in [0.1, 0.15) is 0 Å². The molecule has 0 aromatic carbocycles. The summed E-state index contributed by atoms with van der Waals surface area (Å²) in [6.07, 6.45) is 5.27. The average Bonchev–Trinajstić information content (AvgIpc) is 2.39. The largest absolute Gasteiger partial charge is 0.354 e. The van der Waals surface area contributed by atoms with Gasteiger partial charge in [0.25, 0.3) is 0 Å². The number of amides is 1. The summed E-state index contributed by atoms with van der Waals surface area (Å²) in [5.41, 5.74) is 6.96. The van der Waals surface area contributed by atoms with Gasteiger partial charge in [0.2, 0.25) is 5.91 Å². The lowest BCUT2D eigenvalue weighted by atomic mass is 9.89. The maximum atomic E-state index is 11.8. The Morgan fingerprint density at radius 3 is 2.74 bits per heavy atom. The molecule has 1 aromatic rings. The Balaban J connectivity index is 2.59. The van der Waals surface area contributed by atoms with E-state index in [0.717, 1.165) is 18.4 Å². The normalized spacial score (nSPS) is 14.2. The second kappa shape index (κ2) is 7.89. The van der Waals surface area contributed by atoms with Crippen LogP contribution in [0.4, 0.5) is 0 Å². The molecule has 0 aliphatic carbocycles. The van der Waals surface area contributed by atoms with Crippen molar-refractivity contribution in [3.63, 3.8) is 0 Å². The van der Waals surface area contributed by atoms with E-state index in [9.17, 15) is 4.79 Å². The lowest BCUT2D eigenvalue weighted by Gasteiger charge is -2.22. The fourth-order valence-corrected chi connectivity index (χ4v) is 2.12. The molecule has 0 spiro atoms. The van der Waals surface area contributed by atoms with E-state index in [-0.39, 0.29) is 11.8 Å². The molecule has 0 saturated heterocycles. The molecule has 1 amide bonds. The van der Waals surface area contributed by atoms with Crippen molar-refractivity contribution in [1.82, 2.24) is 10.3 Å². The number of carbonyl (C=O) groups excluding carboxylic acids is 1. The summed E-state index contributed by atoms with van der Waals surface area (Å²) in [4.78, 5) is 16.0. The quantitative estimate of drug-likeness (QED) is 0.791. The maximum Gasteiger partial charge on any atom is 0.236 e. The SMILES string of the molecule is CCCC(N)C(=O)NCC(c1cccnc1)C(C)C. The van der Waals surface area contributed by atoms with Gasteiger partial charge in [0.05, 0.1) is 6.04 Å². The Kier molecular flexibility index (Phi) is 6.50. The molecule has 3 N–H and O–H groups in total. The van der Waals surface area contributed by atoms with E-state index in [2.05, 4.69) is 30.2 Å². The van der Waals surface area contributed by atoms with Crippen molar-refractivity contribution in [1.29, 1.82) is 0 Å². The molecule has 1 heterocycles. The van der Waals surface area contributed by atoms with Crippen LogP contribution in [0.25, 0.3) is 0 Å². The van der Waals surface area contributed by atoms with Crippen molar-refractivity contribution in [2.24, 2.45) is 11.7 Å². The number of rotatable bonds is 7. The summed E-state index contributed by atoms with van der Waals surface area (Å²) in [5.74, 6) is 0.648. The van der Waals surface area contributed by atoms with Crippen LogP contribution in [0.5, 0.6) is 0 Å². The fraction of sp³-hybridized carbons (Fsp3) is 0.600. The molecule has 2 atom stereocenters. The zero-order valence-corrected chi connectivity index (χ0v) is 12.1. The van der Waals surface area contributed by atoms with Crippen LogP contribution < -0.4 is 11.1 Å². The molecule has 0 saturated carbocycles. The molecule has 1 rings (SSSR count). The van der Waals surface area contributed by atoms with Gasteiger partial charge in [0, 0.05) is 24.9 Å². The number of nitrogens with two attached hydrogens (primary N) is 1. The Morgan fingerprint density at radius 1 is 1.47 bits per heavy atom. The third-order valence-corrected chi connectivity index (χ3v) is 3.35. The summed E-state index contributed by atoms with van der Waals surface area (Å²) < 4.78 is 0. The highest BCUT2D eigenvalue weighted by Crippen LogP contribution is 2.22. The smallest absolute Gasteiger partial charge is 0.236 e. The summed E-state index contributed by atoms with van der Waals surface area (Å²) in [7, 11) is 0. The Labute approximate surface area is 115 Å². The van der Waals surface area contributed by atoms with Gasteiger partial charge in [-0.1, -0.05) is 33.3 Å². The highest BCUT2D eigenvalue weighted by Gasteiger charge is 2.19. The lowest BCUT2D eigenvalue weighted by molar-refractivity contribution is -0.122. The summed E-state index contributed by atoms with van der Waals surface area (Å²) in [6.45, 7) is 6.94. The van der Waals surface area contributed by atoms with Crippen LogP contribution in [0.2, 0.25) is 0 Å². The highest BCUT2D eigenvalue weighted by atomic mass is 16.2. The molecule has 2 unspecified atom stereocenters. The van der Waals surface area contributed by atoms with Gasteiger partial charge >= 0.3 is 0 Å². The summed E-state index contributed by atoms with van der Waals surface area (Å²) >= 11 is 0. The minimum atomic E-state index is -0.397. The third-order valence-electron chi connectivity index (χ3n) is 3.35. The van der Waals surface area contributed by atoms with E-state index < -0.39 is 6.04 Å².